The molecular weight excluding hydrogens is 596 g/mol. The van der Waals surface area contributed by atoms with Crippen molar-refractivity contribution in [3.63, 3.8) is 0 Å². The smallest absolute Gasteiger partial charge is 0.294 e. The van der Waals surface area contributed by atoms with Crippen LogP contribution in [0.4, 0.5) is 0 Å². The minimum absolute atomic E-state index is 0.171. The van der Waals surface area contributed by atoms with Crippen molar-refractivity contribution in [3.8, 4) is 39.5 Å². The van der Waals surface area contributed by atoms with Gasteiger partial charge in [0.25, 0.3) is 11.0 Å². The molecule has 1 N–H and O–H groups in total. The lowest BCUT2D eigenvalue weighted by Crippen LogP contribution is -2.29. The number of aryl methyl sites for hydroxylation is 1. The molecule has 45 heavy (non-hydrogen) atoms. The van der Waals surface area contributed by atoms with Crippen LogP contribution in [-0.4, -0.2) is 38.6 Å². The number of rotatable bonds is 10. The summed E-state index contributed by atoms with van der Waals surface area (Å²) in [6, 6.07) is 20.8. The largest absolute Gasteiger partial charge is 0.493 e. The van der Waals surface area contributed by atoms with Gasteiger partial charge in [-0.2, -0.15) is 0 Å². The second kappa shape index (κ2) is 13.7. The summed E-state index contributed by atoms with van der Waals surface area (Å²) in [5.74, 6) is 1.000. The highest BCUT2D eigenvalue weighted by molar-refractivity contribution is 7.98. The summed E-state index contributed by atoms with van der Waals surface area (Å²) in [7, 11) is 4.65. The topological polar surface area (TPSA) is 126 Å². The molecule has 4 aromatic carbocycles. The highest BCUT2D eigenvalue weighted by atomic mass is 32.2. The van der Waals surface area contributed by atoms with E-state index in [4.69, 9.17) is 19.0 Å². The van der Waals surface area contributed by atoms with Gasteiger partial charge < -0.3 is 24.4 Å². The minimum Gasteiger partial charge on any atom is -0.493 e. The van der Waals surface area contributed by atoms with Crippen LogP contribution in [0.1, 0.15) is 39.5 Å². The standard InChI is InChI=1S/C34H32N2O8S/c1-41-28-17-21-13-15-26(25-18-27(37)29(45-4)16-14-23(25)31(21)33(43-3)32(28)42-2)35-34(38)24-12-8-11-22(19-44-36(39)40)30(24)20-9-6-5-7-10-20/h5-12,14,16-18,26H,13,15,19H2,1-4H3,(H,35,38)/t26-/m0/s1. The average Bonchev–Trinajstić information content (AvgIpc) is 3.30. The molecule has 0 aromatic heterocycles. The number of carbonyl (C=O) groups is 1. The monoisotopic (exact) mass is 628 g/mol. The first-order chi connectivity index (χ1) is 21.8. The van der Waals surface area contributed by atoms with Crippen molar-refractivity contribution in [1.29, 1.82) is 0 Å². The van der Waals surface area contributed by atoms with Crippen LogP contribution in [0.25, 0.3) is 22.3 Å². The van der Waals surface area contributed by atoms with E-state index in [1.54, 1.807) is 44.6 Å². The molecule has 5 rings (SSSR count). The summed E-state index contributed by atoms with van der Waals surface area (Å²) in [4.78, 5) is 43.8. The molecule has 0 saturated heterocycles. The first-order valence-electron chi connectivity index (χ1n) is 14.1. The van der Waals surface area contributed by atoms with E-state index in [0.717, 1.165) is 16.7 Å². The Balaban J connectivity index is 1.66. The fourth-order valence-electron chi connectivity index (χ4n) is 5.83. The summed E-state index contributed by atoms with van der Waals surface area (Å²) in [6.45, 7) is -0.323. The van der Waals surface area contributed by atoms with Gasteiger partial charge in [0, 0.05) is 11.1 Å². The van der Waals surface area contributed by atoms with E-state index < -0.39 is 17.0 Å². The van der Waals surface area contributed by atoms with Crippen LogP contribution < -0.4 is 25.0 Å². The fraction of sp³-hybridized carbons (Fsp3) is 0.235. The zero-order valence-electron chi connectivity index (χ0n) is 25.2. The maximum absolute atomic E-state index is 14.2. The van der Waals surface area contributed by atoms with Crippen LogP contribution in [0, 0.1) is 10.1 Å². The zero-order valence-corrected chi connectivity index (χ0v) is 26.1. The second-order valence-corrected chi connectivity index (χ2v) is 11.1. The Hall–Kier alpha value is -5.03. The number of hydrogen-bond acceptors (Lipinski definition) is 9. The van der Waals surface area contributed by atoms with E-state index in [1.165, 1.54) is 18.9 Å². The molecule has 10 nitrogen and oxygen atoms in total. The molecule has 1 aliphatic carbocycles. The summed E-state index contributed by atoms with van der Waals surface area (Å²) >= 11 is 1.34. The van der Waals surface area contributed by atoms with E-state index in [2.05, 4.69) is 5.32 Å². The van der Waals surface area contributed by atoms with Gasteiger partial charge in [0.15, 0.2) is 16.9 Å². The predicted octanol–water partition coefficient (Wildman–Crippen LogP) is 6.25. The van der Waals surface area contributed by atoms with Gasteiger partial charge in [-0.25, -0.2) is 0 Å². The molecule has 0 radical (unpaired) electrons. The first-order valence-corrected chi connectivity index (χ1v) is 15.3. The van der Waals surface area contributed by atoms with E-state index in [0.29, 0.717) is 62.8 Å². The SMILES string of the molecule is COc1cc2c(c(OC)c1OC)-c1ccc(SC)c(=O)cc1[C@@H](NC(=O)c1cccc(CO[N+](=O)[O-])c1-c1ccccc1)CC2. The van der Waals surface area contributed by atoms with Crippen molar-refractivity contribution in [1.82, 2.24) is 5.32 Å². The van der Waals surface area contributed by atoms with Crippen LogP contribution in [0.5, 0.6) is 17.2 Å². The Labute approximate surface area is 264 Å². The van der Waals surface area contributed by atoms with Crippen molar-refractivity contribution in [3.05, 3.63) is 115 Å². The Kier molecular flexibility index (Phi) is 9.58. The molecule has 0 heterocycles. The zero-order chi connectivity index (χ0) is 32.1. The van der Waals surface area contributed by atoms with E-state index in [9.17, 15) is 19.7 Å². The Morgan fingerprint density at radius 1 is 0.956 bits per heavy atom. The lowest BCUT2D eigenvalue weighted by molar-refractivity contribution is -0.763. The van der Waals surface area contributed by atoms with Crippen LogP contribution in [0.15, 0.2) is 82.5 Å². The van der Waals surface area contributed by atoms with Gasteiger partial charge in [-0.3, -0.25) is 9.59 Å². The summed E-state index contributed by atoms with van der Waals surface area (Å²) in [5.41, 5.74) is 4.90. The number of thioether (sulfide) groups is 1. The van der Waals surface area contributed by atoms with Crippen molar-refractivity contribution in [2.24, 2.45) is 0 Å². The third kappa shape index (κ3) is 6.30. The molecule has 0 fully saturated rings. The Morgan fingerprint density at radius 2 is 1.71 bits per heavy atom. The van der Waals surface area contributed by atoms with Crippen LogP contribution in [-0.2, 0) is 17.9 Å². The van der Waals surface area contributed by atoms with E-state index in [-0.39, 0.29) is 12.0 Å². The van der Waals surface area contributed by atoms with Crippen molar-refractivity contribution >= 4 is 17.7 Å². The maximum atomic E-state index is 14.2. The second-order valence-electron chi connectivity index (χ2n) is 10.2. The molecule has 0 bridgehead atoms. The Morgan fingerprint density at radius 3 is 2.38 bits per heavy atom. The number of hydrogen-bond donors (Lipinski definition) is 1. The van der Waals surface area contributed by atoms with Gasteiger partial charge in [0.05, 0.1) is 32.3 Å². The third-order valence-electron chi connectivity index (χ3n) is 7.81. The predicted molar refractivity (Wildman–Crippen MR) is 172 cm³/mol. The number of ether oxygens (including phenoxy) is 3. The van der Waals surface area contributed by atoms with Gasteiger partial charge in [0.2, 0.25) is 5.75 Å². The highest BCUT2D eigenvalue weighted by Gasteiger charge is 2.30. The number of nitrogens with zero attached hydrogens (tertiary/aromatic N) is 1. The number of fused-ring (bicyclic) bond motifs is 3. The van der Waals surface area contributed by atoms with Gasteiger partial charge in [0.1, 0.15) is 6.61 Å². The van der Waals surface area contributed by atoms with E-state index >= 15 is 0 Å². The van der Waals surface area contributed by atoms with Gasteiger partial charge in [-0.15, -0.1) is 21.9 Å². The molecule has 4 aromatic rings. The summed E-state index contributed by atoms with van der Waals surface area (Å²) in [5, 5.41) is 13.3. The normalized spacial score (nSPS) is 13.5. The minimum atomic E-state index is -0.858. The number of carbonyl (C=O) groups excluding carboxylic acids is 1. The van der Waals surface area contributed by atoms with Gasteiger partial charge in [-0.05, 0) is 76.7 Å². The third-order valence-corrected chi connectivity index (χ3v) is 8.59. The van der Waals surface area contributed by atoms with Crippen LogP contribution in [0.3, 0.4) is 0 Å². The number of nitrogens with one attached hydrogen (secondary N) is 1. The fourth-order valence-corrected chi connectivity index (χ4v) is 6.29. The number of amides is 1. The van der Waals surface area contributed by atoms with Crippen molar-refractivity contribution < 1.29 is 28.9 Å². The number of benzene rings is 3. The lowest BCUT2D eigenvalue weighted by Gasteiger charge is -2.21. The van der Waals surface area contributed by atoms with Crippen LogP contribution >= 0.6 is 11.8 Å². The molecule has 1 aliphatic rings. The van der Waals surface area contributed by atoms with Gasteiger partial charge in [-0.1, -0.05) is 48.5 Å². The molecule has 0 aliphatic heterocycles. The summed E-state index contributed by atoms with van der Waals surface area (Å²) < 4.78 is 17.2. The molecule has 1 amide bonds. The quantitative estimate of drug-likeness (QED) is 0.123. The molecule has 0 saturated carbocycles. The lowest BCUT2D eigenvalue weighted by atomic mass is 9.93. The van der Waals surface area contributed by atoms with Crippen LogP contribution in [0.2, 0.25) is 0 Å². The van der Waals surface area contributed by atoms with Gasteiger partial charge >= 0.3 is 0 Å². The molecule has 232 valence electrons. The molecule has 0 spiro atoms. The molecule has 1 atom stereocenters. The number of methoxy groups -OCH3 is 3. The average molecular weight is 629 g/mol. The summed E-state index contributed by atoms with van der Waals surface area (Å²) in [6.07, 6.45) is 2.83. The van der Waals surface area contributed by atoms with Crippen molar-refractivity contribution in [2.75, 3.05) is 27.6 Å². The highest BCUT2D eigenvalue weighted by Crippen LogP contribution is 2.50. The molecule has 11 heteroatoms. The first kappa shape index (κ1) is 31.4. The molecule has 0 unspecified atom stereocenters. The van der Waals surface area contributed by atoms with Crippen molar-refractivity contribution in [2.45, 2.75) is 30.4 Å². The Bertz CT molecular complexity index is 1810. The maximum Gasteiger partial charge on any atom is 0.294 e. The van der Waals surface area contributed by atoms with E-state index in [1.807, 2.05) is 48.7 Å². The molecular formula is C34H32N2O8S.